The third-order valence-electron chi connectivity index (χ3n) is 14.1. The zero-order chi connectivity index (χ0) is 47.1. The molecular formula is C49H54Cl2N12O5. The van der Waals surface area contributed by atoms with E-state index in [-0.39, 0.29) is 30.1 Å². The molecule has 0 aliphatic carbocycles. The highest BCUT2D eigenvalue weighted by molar-refractivity contribution is 6.35. The molecule has 0 bridgehead atoms. The van der Waals surface area contributed by atoms with Crippen LogP contribution in [0.3, 0.4) is 0 Å². The van der Waals surface area contributed by atoms with Gasteiger partial charge in [-0.2, -0.15) is 10.2 Å². The van der Waals surface area contributed by atoms with E-state index in [1.165, 1.54) is 10.5 Å². The van der Waals surface area contributed by atoms with Crippen molar-refractivity contribution in [3.63, 3.8) is 0 Å². The summed E-state index contributed by atoms with van der Waals surface area (Å²) in [6, 6.07) is 15.6. The standard InChI is InChI=1S/C49H54Cl2N12O5/c1-30(45-38(50)28-52-29-39(45)51)68-35-5-7-40-37(26-35)46(56-55-40)34-4-8-42(53-27-34)60-21-23-62(24-22-60)48(66)32-9-15-59(16-10-32)17-14-44(65)61-18-11-31(12-19-61)33-3-6-36-41(25-33)58(2)57-47(36)63-20-13-43(64)54-49(63)67/h3-8,25-32H,9-24H2,1-2H3,(H,55,56)(H,54,64,67)/t30-/m1/s1. The molecule has 0 spiro atoms. The number of imide groups is 1. The predicted molar refractivity (Wildman–Crippen MR) is 260 cm³/mol. The Morgan fingerprint density at radius 3 is 2.32 bits per heavy atom. The lowest BCUT2D eigenvalue weighted by Gasteiger charge is -2.39. The van der Waals surface area contributed by atoms with Gasteiger partial charge in [0.15, 0.2) is 5.82 Å². The molecule has 4 aliphatic heterocycles. The minimum Gasteiger partial charge on any atom is -0.486 e. The quantitative estimate of drug-likeness (QED) is 0.137. The number of nitrogens with one attached hydrogen (secondary N) is 2. The van der Waals surface area contributed by atoms with Gasteiger partial charge in [0.1, 0.15) is 23.4 Å². The highest BCUT2D eigenvalue weighted by Crippen LogP contribution is 2.37. The Labute approximate surface area is 403 Å². The van der Waals surface area contributed by atoms with Crippen molar-refractivity contribution < 1.29 is 23.9 Å². The molecule has 4 saturated heterocycles. The number of aromatic nitrogens is 6. The molecule has 0 unspecified atom stereocenters. The van der Waals surface area contributed by atoms with Gasteiger partial charge in [-0.05, 0) is 99.6 Å². The van der Waals surface area contributed by atoms with E-state index in [4.69, 9.17) is 32.9 Å². The number of piperidine rings is 2. The normalized spacial score (nSPS) is 18.4. The van der Waals surface area contributed by atoms with Crippen LogP contribution >= 0.6 is 23.2 Å². The molecular weight excluding hydrogens is 908 g/mol. The van der Waals surface area contributed by atoms with Crippen molar-refractivity contribution >= 4 is 80.4 Å². The van der Waals surface area contributed by atoms with E-state index in [1.54, 1.807) is 17.1 Å². The fourth-order valence-corrected chi connectivity index (χ4v) is 10.9. The molecule has 8 heterocycles. The SMILES string of the molecule is C[C@@H](Oc1ccc2[nH]nc(-c3ccc(N4CCN(C(=O)C5CCN(CCC(=O)N6CCC(c7ccc8c(N9CCC(=O)NC9=O)nn(C)c8c7)CC6)CC5)CC4)nc3)c2c1)c1c(Cl)cncc1Cl. The first kappa shape index (κ1) is 45.5. The van der Waals surface area contributed by atoms with Crippen LogP contribution in [0.15, 0.2) is 67.1 Å². The first-order valence-corrected chi connectivity index (χ1v) is 24.2. The summed E-state index contributed by atoms with van der Waals surface area (Å²) in [7, 11) is 1.87. The maximum atomic E-state index is 13.7. The molecule has 5 amide bonds. The van der Waals surface area contributed by atoms with Crippen LogP contribution in [-0.4, -0.2) is 134 Å². The molecule has 4 aromatic heterocycles. The molecule has 354 valence electrons. The fourth-order valence-electron chi connectivity index (χ4n) is 10.2. The summed E-state index contributed by atoms with van der Waals surface area (Å²) in [6.07, 6.45) is 8.64. The maximum Gasteiger partial charge on any atom is 0.329 e. The molecule has 4 aliphatic rings. The minimum atomic E-state index is -0.446. The van der Waals surface area contributed by atoms with Crippen LogP contribution in [0.1, 0.15) is 68.6 Å². The zero-order valence-electron chi connectivity index (χ0n) is 38.2. The molecule has 0 radical (unpaired) electrons. The van der Waals surface area contributed by atoms with Gasteiger partial charge in [0.25, 0.3) is 0 Å². The van der Waals surface area contributed by atoms with Crippen molar-refractivity contribution in [2.45, 2.75) is 57.5 Å². The van der Waals surface area contributed by atoms with Crippen LogP contribution < -0.4 is 19.9 Å². The second-order valence-electron chi connectivity index (χ2n) is 18.3. The first-order valence-electron chi connectivity index (χ1n) is 23.5. The van der Waals surface area contributed by atoms with Gasteiger partial charge in [0.2, 0.25) is 17.7 Å². The Kier molecular flexibility index (Phi) is 13.0. The number of nitrogens with zero attached hydrogens (tertiary/aromatic N) is 10. The van der Waals surface area contributed by atoms with Crippen LogP contribution in [0.2, 0.25) is 10.0 Å². The van der Waals surface area contributed by atoms with Gasteiger partial charge in [0.05, 0.1) is 21.1 Å². The number of pyridine rings is 2. The van der Waals surface area contributed by atoms with E-state index >= 15 is 0 Å². The first-order chi connectivity index (χ1) is 33.0. The number of carbonyl (C=O) groups is 4. The molecule has 4 fully saturated rings. The molecule has 6 aromatic rings. The molecule has 1 atom stereocenters. The number of likely N-dealkylation sites (tertiary alicyclic amines) is 2. The Morgan fingerprint density at radius 1 is 0.838 bits per heavy atom. The Balaban J connectivity index is 0.653. The molecule has 2 N–H and O–H groups in total. The maximum absolute atomic E-state index is 13.7. The van der Waals surface area contributed by atoms with Gasteiger partial charge >= 0.3 is 6.03 Å². The van der Waals surface area contributed by atoms with Gasteiger partial charge in [-0.25, -0.2) is 9.78 Å². The highest BCUT2D eigenvalue weighted by Gasteiger charge is 2.33. The summed E-state index contributed by atoms with van der Waals surface area (Å²) in [4.78, 5) is 70.2. The number of anilines is 2. The smallest absolute Gasteiger partial charge is 0.329 e. The lowest BCUT2D eigenvalue weighted by Crippen LogP contribution is -2.52. The van der Waals surface area contributed by atoms with Crippen molar-refractivity contribution in [1.29, 1.82) is 0 Å². The summed E-state index contributed by atoms with van der Waals surface area (Å²) in [5.41, 5.74) is 5.32. The van der Waals surface area contributed by atoms with Crippen molar-refractivity contribution in [2.24, 2.45) is 13.0 Å². The number of aromatic amines is 1. The summed E-state index contributed by atoms with van der Waals surface area (Å²) in [6.45, 7) is 8.67. The third kappa shape index (κ3) is 9.30. The predicted octanol–water partition coefficient (Wildman–Crippen LogP) is 6.96. The van der Waals surface area contributed by atoms with Gasteiger partial charge in [-0.1, -0.05) is 29.3 Å². The number of rotatable bonds is 11. The second kappa shape index (κ2) is 19.4. The number of ether oxygens (including phenoxy) is 1. The third-order valence-corrected chi connectivity index (χ3v) is 14.7. The monoisotopic (exact) mass is 960 g/mol. The van der Waals surface area contributed by atoms with E-state index in [0.29, 0.717) is 91.9 Å². The molecule has 19 heteroatoms. The van der Waals surface area contributed by atoms with E-state index in [2.05, 4.69) is 47.5 Å². The summed E-state index contributed by atoms with van der Waals surface area (Å²) in [5.74, 6) is 2.54. The number of H-pyrrole nitrogens is 1. The minimum absolute atomic E-state index is 0.000996. The van der Waals surface area contributed by atoms with Crippen LogP contribution in [-0.2, 0) is 21.4 Å². The van der Waals surface area contributed by atoms with E-state index in [0.717, 1.165) is 77.7 Å². The Morgan fingerprint density at radius 2 is 1.60 bits per heavy atom. The lowest BCUT2D eigenvalue weighted by molar-refractivity contribution is -0.138. The Hall–Kier alpha value is -6.30. The fraction of sp³-hybridized carbons (Fsp3) is 0.429. The highest BCUT2D eigenvalue weighted by atomic mass is 35.5. The zero-order valence-corrected chi connectivity index (χ0v) is 39.7. The second-order valence-corrected chi connectivity index (χ2v) is 19.1. The van der Waals surface area contributed by atoms with Crippen molar-refractivity contribution in [2.75, 3.05) is 75.2 Å². The largest absolute Gasteiger partial charge is 0.486 e. The average Bonchev–Trinajstić information content (AvgIpc) is 3.93. The number of hydrogen-bond donors (Lipinski definition) is 2. The summed E-state index contributed by atoms with van der Waals surface area (Å²) >= 11 is 12.8. The number of piperazine rings is 1. The average molecular weight is 962 g/mol. The van der Waals surface area contributed by atoms with Gasteiger partial charge in [-0.15, -0.1) is 0 Å². The number of carbonyl (C=O) groups excluding carboxylic acids is 4. The van der Waals surface area contributed by atoms with Crippen LogP contribution in [0.5, 0.6) is 5.75 Å². The van der Waals surface area contributed by atoms with E-state index in [9.17, 15) is 19.2 Å². The van der Waals surface area contributed by atoms with Crippen molar-refractivity contribution in [3.8, 4) is 17.0 Å². The van der Waals surface area contributed by atoms with Gasteiger partial charge < -0.3 is 24.3 Å². The number of amides is 5. The number of fused-ring (bicyclic) bond motifs is 2. The van der Waals surface area contributed by atoms with E-state index < -0.39 is 12.1 Å². The molecule has 0 saturated carbocycles. The number of urea groups is 1. The van der Waals surface area contributed by atoms with Gasteiger partial charge in [-0.3, -0.25) is 39.4 Å². The lowest BCUT2D eigenvalue weighted by atomic mass is 9.89. The van der Waals surface area contributed by atoms with Crippen molar-refractivity contribution in [1.82, 2.24) is 50.0 Å². The molecule has 10 rings (SSSR count). The van der Waals surface area contributed by atoms with Crippen molar-refractivity contribution in [3.05, 3.63) is 88.3 Å². The molecule has 68 heavy (non-hydrogen) atoms. The number of halogens is 2. The molecule has 2 aromatic carbocycles. The number of benzene rings is 2. The number of aryl methyl sites for hydroxylation is 1. The van der Waals surface area contributed by atoms with Crippen LogP contribution in [0.4, 0.5) is 16.4 Å². The van der Waals surface area contributed by atoms with Crippen LogP contribution in [0.25, 0.3) is 33.1 Å². The van der Waals surface area contributed by atoms with Gasteiger partial charge in [0, 0.05) is 119 Å². The summed E-state index contributed by atoms with van der Waals surface area (Å²) < 4.78 is 8.04. The van der Waals surface area contributed by atoms with E-state index in [1.807, 2.05) is 66.4 Å². The van der Waals surface area contributed by atoms with Crippen LogP contribution in [0, 0.1) is 5.92 Å². The topological polar surface area (TPSA) is 178 Å². The summed E-state index contributed by atoms with van der Waals surface area (Å²) in [5, 5.41) is 17.4. The number of hydrogen-bond acceptors (Lipinski definition) is 11. The molecule has 17 nitrogen and oxygen atoms in total. The Bertz CT molecular complexity index is 2840.